The number of benzene rings is 1. The third-order valence-electron chi connectivity index (χ3n) is 4.38. The smallest absolute Gasteiger partial charge is 0.230 e. The van der Waals surface area contributed by atoms with Gasteiger partial charge in [-0.15, -0.1) is 0 Å². The summed E-state index contributed by atoms with van der Waals surface area (Å²) < 4.78 is 5.24. The molecule has 0 aliphatic rings. The Hall–Kier alpha value is -3.39. The number of hydrogen-bond acceptors (Lipinski definition) is 4. The maximum atomic E-state index is 12.6. The summed E-state index contributed by atoms with van der Waals surface area (Å²) in [5.74, 6) is 0.643. The van der Waals surface area contributed by atoms with E-state index in [2.05, 4.69) is 16.4 Å². The van der Waals surface area contributed by atoms with E-state index in [-0.39, 0.29) is 5.91 Å². The van der Waals surface area contributed by atoms with Crippen LogP contribution in [0.3, 0.4) is 0 Å². The Morgan fingerprint density at radius 3 is 2.62 bits per heavy atom. The van der Waals surface area contributed by atoms with E-state index in [0.717, 1.165) is 22.5 Å². The molecule has 3 aromatic rings. The summed E-state index contributed by atoms with van der Waals surface area (Å²) >= 11 is 0. The molecule has 1 aromatic carbocycles. The largest absolute Gasteiger partial charge is 0.467 e. The Kier molecular flexibility index (Phi) is 4.85. The number of nitrogens with zero attached hydrogens (tertiary/aromatic N) is 2. The molecule has 1 N–H and O–H groups in total. The van der Waals surface area contributed by atoms with Gasteiger partial charge in [-0.3, -0.25) is 9.78 Å². The molecule has 0 atom stereocenters. The van der Waals surface area contributed by atoms with Gasteiger partial charge in [0.05, 0.1) is 23.8 Å². The Bertz CT molecular complexity index is 936. The van der Waals surface area contributed by atoms with Crippen LogP contribution < -0.4 is 5.32 Å². The summed E-state index contributed by atoms with van der Waals surface area (Å²) in [4.78, 5) is 16.7. The van der Waals surface area contributed by atoms with E-state index in [1.165, 1.54) is 6.20 Å². The van der Waals surface area contributed by atoms with E-state index in [0.29, 0.717) is 12.1 Å². The van der Waals surface area contributed by atoms with Crippen LogP contribution in [0.4, 0.5) is 0 Å². The van der Waals surface area contributed by atoms with Gasteiger partial charge in [0.15, 0.2) is 0 Å². The van der Waals surface area contributed by atoms with E-state index in [1.807, 2.05) is 44.2 Å². The summed E-state index contributed by atoms with van der Waals surface area (Å²) in [6.45, 7) is 4.13. The molecule has 0 radical (unpaired) electrons. The molecule has 2 aromatic heterocycles. The van der Waals surface area contributed by atoms with Gasteiger partial charge >= 0.3 is 0 Å². The zero-order chi connectivity index (χ0) is 18.6. The minimum absolute atomic E-state index is 0.0743. The van der Waals surface area contributed by atoms with Crippen LogP contribution in [-0.4, -0.2) is 10.9 Å². The van der Waals surface area contributed by atoms with Crippen LogP contribution in [0.5, 0.6) is 0 Å². The molecular weight excluding hydrogens is 326 g/mol. The standard InChI is InChI=1S/C21H19N3O2/c1-21(2,20(25)24-14-19-4-3-9-26-19)18-7-5-16(6-8-18)17-10-15(11-22)12-23-13-17/h3-10,12-13H,14H2,1-2H3,(H,24,25). The second-order valence-electron chi connectivity index (χ2n) is 6.54. The molecule has 0 fully saturated rings. The van der Waals surface area contributed by atoms with Crippen molar-refractivity contribution in [1.82, 2.24) is 10.3 Å². The van der Waals surface area contributed by atoms with Gasteiger partial charge in [0.25, 0.3) is 0 Å². The SMILES string of the molecule is CC(C)(C(=O)NCc1ccco1)c1ccc(-c2cncc(C#N)c2)cc1. The summed E-state index contributed by atoms with van der Waals surface area (Å²) in [5, 5.41) is 11.9. The van der Waals surface area contributed by atoms with Gasteiger partial charge in [0.2, 0.25) is 5.91 Å². The summed E-state index contributed by atoms with van der Waals surface area (Å²) in [7, 11) is 0. The molecule has 26 heavy (non-hydrogen) atoms. The maximum Gasteiger partial charge on any atom is 0.230 e. The Labute approximate surface area is 152 Å². The Morgan fingerprint density at radius 2 is 1.96 bits per heavy atom. The molecule has 2 heterocycles. The first-order valence-corrected chi connectivity index (χ1v) is 8.27. The number of nitriles is 1. The molecule has 5 heteroatoms. The predicted octanol–water partition coefficient (Wildman–Crippen LogP) is 3.81. The number of pyridine rings is 1. The van der Waals surface area contributed by atoms with E-state index in [9.17, 15) is 4.79 Å². The fourth-order valence-corrected chi connectivity index (χ4v) is 2.67. The van der Waals surface area contributed by atoms with Crippen LogP contribution >= 0.6 is 0 Å². The van der Waals surface area contributed by atoms with Gasteiger partial charge in [0.1, 0.15) is 11.8 Å². The zero-order valence-electron chi connectivity index (χ0n) is 14.7. The number of amides is 1. The van der Waals surface area contributed by atoms with E-state index in [1.54, 1.807) is 24.6 Å². The first-order chi connectivity index (χ1) is 12.5. The van der Waals surface area contributed by atoms with Crippen LogP contribution in [0.2, 0.25) is 0 Å². The second-order valence-corrected chi connectivity index (χ2v) is 6.54. The molecule has 0 bridgehead atoms. The van der Waals surface area contributed by atoms with Crippen LogP contribution in [0, 0.1) is 11.3 Å². The Morgan fingerprint density at radius 1 is 1.19 bits per heavy atom. The normalized spacial score (nSPS) is 11.0. The number of rotatable bonds is 5. The zero-order valence-corrected chi connectivity index (χ0v) is 14.7. The van der Waals surface area contributed by atoms with Gasteiger partial charge in [-0.1, -0.05) is 24.3 Å². The summed E-state index contributed by atoms with van der Waals surface area (Å²) in [5.41, 5.74) is 2.56. The third-order valence-corrected chi connectivity index (χ3v) is 4.38. The Balaban J connectivity index is 1.75. The van der Waals surface area contributed by atoms with Gasteiger partial charge < -0.3 is 9.73 Å². The number of furan rings is 1. The lowest BCUT2D eigenvalue weighted by atomic mass is 9.83. The van der Waals surface area contributed by atoms with E-state index < -0.39 is 5.41 Å². The average Bonchev–Trinajstić information content (AvgIpc) is 3.19. The fraction of sp³-hybridized carbons (Fsp3) is 0.190. The van der Waals surface area contributed by atoms with Gasteiger partial charge in [-0.2, -0.15) is 5.26 Å². The molecule has 3 rings (SSSR count). The van der Waals surface area contributed by atoms with Gasteiger partial charge in [-0.25, -0.2) is 0 Å². The van der Waals surface area contributed by atoms with E-state index in [4.69, 9.17) is 9.68 Å². The molecule has 0 unspecified atom stereocenters. The van der Waals surface area contributed by atoms with Crippen LogP contribution in [-0.2, 0) is 16.8 Å². The second kappa shape index (κ2) is 7.24. The van der Waals surface area contributed by atoms with Crippen LogP contribution in [0.25, 0.3) is 11.1 Å². The molecule has 0 saturated carbocycles. The highest BCUT2D eigenvalue weighted by atomic mass is 16.3. The van der Waals surface area contributed by atoms with Crippen molar-refractivity contribution < 1.29 is 9.21 Å². The van der Waals surface area contributed by atoms with E-state index >= 15 is 0 Å². The topological polar surface area (TPSA) is 78.9 Å². The number of carbonyl (C=O) groups is 1. The predicted molar refractivity (Wildman–Crippen MR) is 98.0 cm³/mol. The quantitative estimate of drug-likeness (QED) is 0.763. The monoisotopic (exact) mass is 345 g/mol. The van der Waals surface area contributed by atoms with Crippen molar-refractivity contribution in [3.05, 3.63) is 78.0 Å². The highest BCUT2D eigenvalue weighted by Gasteiger charge is 2.29. The summed E-state index contributed by atoms with van der Waals surface area (Å²) in [6.07, 6.45) is 4.84. The minimum Gasteiger partial charge on any atom is -0.467 e. The summed E-state index contributed by atoms with van der Waals surface area (Å²) in [6, 6.07) is 15.2. The van der Waals surface area contributed by atoms with Gasteiger partial charge in [0, 0.05) is 18.0 Å². The minimum atomic E-state index is -0.683. The first-order valence-electron chi connectivity index (χ1n) is 8.27. The molecule has 130 valence electrons. The third kappa shape index (κ3) is 3.65. The molecular formula is C21H19N3O2. The maximum absolute atomic E-state index is 12.6. The lowest BCUT2D eigenvalue weighted by Gasteiger charge is -2.24. The molecule has 5 nitrogen and oxygen atoms in total. The van der Waals surface area contributed by atoms with Crippen molar-refractivity contribution in [2.45, 2.75) is 25.8 Å². The molecule has 1 amide bonds. The van der Waals surface area contributed by atoms with Crippen molar-refractivity contribution in [2.75, 3.05) is 0 Å². The number of carbonyl (C=O) groups excluding carboxylic acids is 1. The van der Waals surface area contributed by atoms with Crippen molar-refractivity contribution in [3.8, 4) is 17.2 Å². The fourth-order valence-electron chi connectivity index (χ4n) is 2.67. The number of nitrogens with one attached hydrogen (secondary N) is 1. The highest BCUT2D eigenvalue weighted by Crippen LogP contribution is 2.27. The average molecular weight is 345 g/mol. The molecule has 0 aliphatic heterocycles. The van der Waals surface area contributed by atoms with Crippen LogP contribution in [0.15, 0.2) is 65.5 Å². The van der Waals surface area contributed by atoms with Crippen molar-refractivity contribution in [3.63, 3.8) is 0 Å². The molecule has 0 spiro atoms. The first kappa shape index (κ1) is 17.4. The number of aromatic nitrogens is 1. The lowest BCUT2D eigenvalue weighted by Crippen LogP contribution is -2.39. The molecule has 0 saturated heterocycles. The van der Waals surface area contributed by atoms with Crippen molar-refractivity contribution >= 4 is 5.91 Å². The van der Waals surface area contributed by atoms with Crippen LogP contribution in [0.1, 0.15) is 30.7 Å². The lowest BCUT2D eigenvalue weighted by molar-refractivity contribution is -0.125. The van der Waals surface area contributed by atoms with Crippen molar-refractivity contribution in [2.24, 2.45) is 0 Å². The highest BCUT2D eigenvalue weighted by molar-refractivity contribution is 5.87. The van der Waals surface area contributed by atoms with Crippen molar-refractivity contribution in [1.29, 1.82) is 5.26 Å². The van der Waals surface area contributed by atoms with Gasteiger partial charge in [-0.05, 0) is 43.2 Å². The molecule has 0 aliphatic carbocycles. The number of hydrogen-bond donors (Lipinski definition) is 1.